The third-order valence-electron chi connectivity index (χ3n) is 5.61. The Bertz CT molecular complexity index is 1540. The Kier molecular flexibility index (Phi) is 6.62. The molecule has 37 heavy (non-hydrogen) atoms. The Balaban J connectivity index is 1.39. The lowest BCUT2D eigenvalue weighted by Crippen LogP contribution is -2.13. The van der Waals surface area contributed by atoms with Gasteiger partial charge in [0.1, 0.15) is 0 Å². The van der Waals surface area contributed by atoms with Crippen LogP contribution in [0.2, 0.25) is 0 Å². The van der Waals surface area contributed by atoms with E-state index in [0.717, 1.165) is 11.1 Å². The maximum Gasteiger partial charge on any atom is 0.264 e. The predicted molar refractivity (Wildman–Crippen MR) is 136 cm³/mol. The van der Waals surface area contributed by atoms with Gasteiger partial charge in [0.2, 0.25) is 5.95 Å². The number of alkyl halides is 2. The molecule has 0 unspecified atom stereocenters. The van der Waals surface area contributed by atoms with Gasteiger partial charge in [0.25, 0.3) is 12.3 Å². The van der Waals surface area contributed by atoms with Crippen molar-refractivity contribution in [1.82, 2.24) is 24.5 Å². The minimum atomic E-state index is -2.70. The summed E-state index contributed by atoms with van der Waals surface area (Å²) < 4.78 is 28.6. The summed E-state index contributed by atoms with van der Waals surface area (Å²) in [6.07, 6.45) is 7.02. The first-order valence-corrected chi connectivity index (χ1v) is 11.3. The van der Waals surface area contributed by atoms with Crippen LogP contribution in [0.4, 0.5) is 26.1 Å². The molecule has 0 atom stereocenters. The molecule has 0 bridgehead atoms. The second kappa shape index (κ2) is 10.3. The molecule has 0 saturated carbocycles. The van der Waals surface area contributed by atoms with Crippen LogP contribution in [0.1, 0.15) is 27.9 Å². The number of imidazole rings is 1. The molecular weight excluding hydrogens is 476 g/mol. The van der Waals surface area contributed by atoms with Crippen molar-refractivity contribution in [3.63, 3.8) is 0 Å². The van der Waals surface area contributed by atoms with Gasteiger partial charge in [-0.05, 0) is 61.0 Å². The number of hydrogen-bond donors (Lipinski definition) is 2. The smallest absolute Gasteiger partial charge is 0.264 e. The molecule has 2 N–H and O–H groups in total. The Hall–Kier alpha value is -4.99. The Morgan fingerprint density at radius 2 is 1.89 bits per heavy atom. The third kappa shape index (κ3) is 5.48. The van der Waals surface area contributed by atoms with Gasteiger partial charge >= 0.3 is 0 Å². The molecular formula is C27H21F2N7O. The van der Waals surface area contributed by atoms with Crippen molar-refractivity contribution < 1.29 is 13.6 Å². The number of aryl methyl sites for hydroxylation is 1. The fourth-order valence-electron chi connectivity index (χ4n) is 3.71. The monoisotopic (exact) mass is 497 g/mol. The zero-order chi connectivity index (χ0) is 25.8. The average molecular weight is 498 g/mol. The fraction of sp³-hybridized carbons (Fsp3) is 0.0741. The van der Waals surface area contributed by atoms with E-state index in [1.54, 1.807) is 65.9 Å². The van der Waals surface area contributed by atoms with E-state index >= 15 is 0 Å². The maximum atomic E-state index is 13.5. The summed E-state index contributed by atoms with van der Waals surface area (Å²) in [5, 5.41) is 5.89. The van der Waals surface area contributed by atoms with Crippen molar-refractivity contribution in [2.45, 2.75) is 13.3 Å². The molecule has 3 heterocycles. The van der Waals surface area contributed by atoms with Crippen molar-refractivity contribution >= 4 is 23.2 Å². The molecule has 0 aliphatic carbocycles. The van der Waals surface area contributed by atoms with E-state index in [1.807, 2.05) is 19.1 Å². The standard InChI is InChI=1S/C27H21F2N7O/c1-17-4-5-18(13-24(17)35-27-32-8-6-23(34-27)19-3-2-7-30-15-19)26(37)33-21-11-20(25(28)29)12-22(14-21)36-10-9-31-16-36/h2-16,25H,1H3,(H,33,37)(H,32,34,35). The highest BCUT2D eigenvalue weighted by atomic mass is 19.3. The van der Waals surface area contributed by atoms with Gasteiger partial charge in [-0.2, -0.15) is 0 Å². The van der Waals surface area contributed by atoms with Crippen LogP contribution in [0.3, 0.4) is 0 Å². The minimum absolute atomic E-state index is 0.210. The van der Waals surface area contributed by atoms with Crippen molar-refractivity contribution in [2.24, 2.45) is 0 Å². The van der Waals surface area contributed by atoms with Gasteiger partial charge in [-0.15, -0.1) is 0 Å². The first-order chi connectivity index (χ1) is 18.0. The van der Waals surface area contributed by atoms with Gasteiger partial charge in [0, 0.05) is 64.7 Å². The molecule has 0 saturated heterocycles. The van der Waals surface area contributed by atoms with E-state index in [0.29, 0.717) is 28.6 Å². The highest BCUT2D eigenvalue weighted by Crippen LogP contribution is 2.27. The molecule has 1 amide bonds. The van der Waals surface area contributed by atoms with Gasteiger partial charge in [0.15, 0.2) is 0 Å². The first-order valence-electron chi connectivity index (χ1n) is 11.3. The van der Waals surface area contributed by atoms with Gasteiger partial charge in [0.05, 0.1) is 12.0 Å². The van der Waals surface area contributed by atoms with Crippen LogP contribution >= 0.6 is 0 Å². The Morgan fingerprint density at radius 1 is 1.00 bits per heavy atom. The Labute approximate surface area is 211 Å². The minimum Gasteiger partial charge on any atom is -0.324 e. The third-order valence-corrected chi connectivity index (χ3v) is 5.61. The number of carbonyl (C=O) groups is 1. The highest BCUT2D eigenvalue weighted by Gasteiger charge is 2.15. The van der Waals surface area contributed by atoms with E-state index in [9.17, 15) is 13.6 Å². The van der Waals surface area contributed by atoms with Gasteiger partial charge in [-0.25, -0.2) is 23.7 Å². The van der Waals surface area contributed by atoms with E-state index in [4.69, 9.17) is 0 Å². The fourth-order valence-corrected chi connectivity index (χ4v) is 3.71. The molecule has 5 rings (SSSR count). The lowest BCUT2D eigenvalue weighted by Gasteiger charge is -2.13. The number of nitrogens with one attached hydrogen (secondary N) is 2. The molecule has 0 spiro atoms. The van der Waals surface area contributed by atoms with Crippen LogP contribution in [0, 0.1) is 6.92 Å². The molecule has 10 heteroatoms. The van der Waals surface area contributed by atoms with Crippen molar-refractivity contribution in [2.75, 3.05) is 10.6 Å². The summed E-state index contributed by atoms with van der Waals surface area (Å²) in [4.78, 5) is 30.0. The summed E-state index contributed by atoms with van der Waals surface area (Å²) in [6.45, 7) is 1.89. The molecule has 0 aliphatic heterocycles. The molecule has 3 aromatic heterocycles. The number of amides is 1. The second-order valence-electron chi connectivity index (χ2n) is 8.20. The van der Waals surface area contributed by atoms with Crippen LogP contribution in [-0.2, 0) is 0 Å². The quantitative estimate of drug-likeness (QED) is 0.288. The number of carbonyl (C=O) groups excluding carboxylic acids is 1. The number of benzene rings is 2. The summed E-state index contributed by atoms with van der Waals surface area (Å²) in [6, 6.07) is 14.8. The van der Waals surface area contributed by atoms with E-state index < -0.39 is 12.3 Å². The van der Waals surface area contributed by atoms with Gasteiger partial charge < -0.3 is 15.2 Å². The van der Waals surface area contributed by atoms with Crippen molar-refractivity contribution in [1.29, 1.82) is 0 Å². The number of nitrogens with zero attached hydrogens (tertiary/aromatic N) is 5. The summed E-state index contributed by atoms with van der Waals surface area (Å²) in [7, 11) is 0. The van der Waals surface area contributed by atoms with Crippen LogP contribution in [0.5, 0.6) is 0 Å². The Morgan fingerprint density at radius 3 is 2.65 bits per heavy atom. The van der Waals surface area contributed by atoms with Crippen LogP contribution in [0.25, 0.3) is 16.9 Å². The lowest BCUT2D eigenvalue weighted by molar-refractivity contribution is 0.102. The van der Waals surface area contributed by atoms with Crippen molar-refractivity contribution in [3.8, 4) is 16.9 Å². The number of rotatable bonds is 7. The summed E-state index contributed by atoms with van der Waals surface area (Å²) in [5.41, 5.74) is 3.88. The maximum absolute atomic E-state index is 13.5. The number of halogens is 2. The SMILES string of the molecule is Cc1ccc(C(=O)Nc2cc(C(F)F)cc(-n3ccnc3)c2)cc1Nc1nccc(-c2cccnc2)n1. The van der Waals surface area contributed by atoms with Crippen molar-refractivity contribution in [3.05, 3.63) is 109 Å². The summed E-state index contributed by atoms with van der Waals surface area (Å²) in [5.74, 6) is -0.0901. The van der Waals surface area contributed by atoms with E-state index in [2.05, 4.69) is 30.6 Å². The average Bonchev–Trinajstić information content (AvgIpc) is 3.46. The zero-order valence-corrected chi connectivity index (χ0v) is 19.6. The molecule has 2 aromatic carbocycles. The van der Waals surface area contributed by atoms with Crippen LogP contribution < -0.4 is 10.6 Å². The number of pyridine rings is 1. The topological polar surface area (TPSA) is 97.6 Å². The lowest BCUT2D eigenvalue weighted by atomic mass is 10.1. The molecule has 8 nitrogen and oxygen atoms in total. The zero-order valence-electron chi connectivity index (χ0n) is 19.6. The van der Waals surface area contributed by atoms with E-state index in [-0.39, 0.29) is 11.3 Å². The molecule has 0 fully saturated rings. The first kappa shape index (κ1) is 23.7. The molecule has 0 radical (unpaired) electrons. The largest absolute Gasteiger partial charge is 0.324 e. The molecule has 5 aromatic rings. The molecule has 0 aliphatic rings. The van der Waals surface area contributed by atoms with Crippen LogP contribution in [0.15, 0.2) is 91.9 Å². The highest BCUT2D eigenvalue weighted by molar-refractivity contribution is 6.05. The van der Waals surface area contributed by atoms with Gasteiger partial charge in [-0.3, -0.25) is 9.78 Å². The number of hydrogen-bond acceptors (Lipinski definition) is 6. The molecule has 184 valence electrons. The second-order valence-corrected chi connectivity index (χ2v) is 8.20. The number of anilines is 3. The predicted octanol–water partition coefficient (Wildman–Crippen LogP) is 5.97. The summed E-state index contributed by atoms with van der Waals surface area (Å²) >= 11 is 0. The number of aromatic nitrogens is 5. The van der Waals surface area contributed by atoms with Gasteiger partial charge in [-0.1, -0.05) is 6.07 Å². The van der Waals surface area contributed by atoms with Crippen LogP contribution in [-0.4, -0.2) is 30.4 Å². The normalized spacial score (nSPS) is 10.9. The van der Waals surface area contributed by atoms with E-state index in [1.165, 1.54) is 18.5 Å².